The first-order valence-electron chi connectivity index (χ1n) is 7.54. The van der Waals surface area contributed by atoms with Gasteiger partial charge in [0.15, 0.2) is 0 Å². The molecule has 0 bridgehead atoms. The molecule has 1 aromatic carbocycles. The first-order valence-corrected chi connectivity index (χ1v) is 7.54. The van der Waals surface area contributed by atoms with Crippen molar-refractivity contribution in [2.24, 2.45) is 7.05 Å². The van der Waals surface area contributed by atoms with E-state index in [0.717, 1.165) is 5.82 Å². The predicted octanol–water partition coefficient (Wildman–Crippen LogP) is 2.13. The van der Waals surface area contributed by atoms with E-state index in [4.69, 9.17) is 0 Å². The van der Waals surface area contributed by atoms with Gasteiger partial charge in [0.25, 0.3) is 5.69 Å². The Morgan fingerprint density at radius 3 is 2.88 bits per heavy atom. The van der Waals surface area contributed by atoms with Gasteiger partial charge in [0, 0.05) is 31.7 Å². The summed E-state index contributed by atoms with van der Waals surface area (Å²) in [6, 6.07) is 4.69. The molecule has 9 heteroatoms. The second-order valence-electron chi connectivity index (χ2n) is 5.47. The van der Waals surface area contributed by atoms with Gasteiger partial charge in [0.2, 0.25) is 0 Å². The van der Waals surface area contributed by atoms with Crippen LogP contribution < -0.4 is 5.32 Å². The molecule has 2 rings (SSSR count). The predicted molar refractivity (Wildman–Crippen MR) is 92.1 cm³/mol. The molecule has 2 aromatic rings. The van der Waals surface area contributed by atoms with Crippen LogP contribution in [0.5, 0.6) is 0 Å². The summed E-state index contributed by atoms with van der Waals surface area (Å²) in [6.07, 6.45) is 4.28. The molecule has 1 aromatic heterocycles. The smallest absolute Gasteiger partial charge is 0.330 e. The number of nitrogens with zero attached hydrogens (tertiary/aromatic N) is 4. The van der Waals surface area contributed by atoms with Crippen molar-refractivity contribution in [1.82, 2.24) is 14.8 Å². The minimum absolute atomic E-state index is 0.0194. The number of nitro benzene ring substituents is 1. The number of anilines is 1. The number of methoxy groups -OCH3 is 1. The lowest BCUT2D eigenvalue weighted by atomic mass is 10.1. The maximum Gasteiger partial charge on any atom is 0.330 e. The van der Waals surface area contributed by atoms with Gasteiger partial charge >= 0.3 is 5.97 Å². The van der Waals surface area contributed by atoms with Crippen molar-refractivity contribution in [3.63, 3.8) is 0 Å². The van der Waals surface area contributed by atoms with Gasteiger partial charge < -0.3 is 14.6 Å². The highest BCUT2D eigenvalue weighted by Crippen LogP contribution is 2.27. The molecule has 1 unspecified atom stereocenters. The molecule has 0 saturated heterocycles. The average molecular weight is 345 g/mol. The Labute approximate surface area is 144 Å². The van der Waals surface area contributed by atoms with Gasteiger partial charge in [-0.05, 0) is 17.7 Å². The number of carbonyl (C=O) groups is 1. The zero-order chi connectivity index (χ0) is 18.4. The van der Waals surface area contributed by atoms with E-state index in [0.29, 0.717) is 17.8 Å². The summed E-state index contributed by atoms with van der Waals surface area (Å²) in [6.45, 7) is 2.42. The molecule has 1 N–H and O–H groups in total. The lowest BCUT2D eigenvalue weighted by Gasteiger charge is -2.13. The minimum Gasteiger partial charge on any atom is -0.466 e. The molecule has 9 nitrogen and oxygen atoms in total. The van der Waals surface area contributed by atoms with E-state index in [-0.39, 0.29) is 11.6 Å². The zero-order valence-electron chi connectivity index (χ0n) is 14.2. The third kappa shape index (κ3) is 4.63. The maximum atomic E-state index is 11.3. The van der Waals surface area contributed by atoms with E-state index < -0.39 is 10.9 Å². The van der Waals surface area contributed by atoms with Gasteiger partial charge in [-0.1, -0.05) is 13.0 Å². The highest BCUT2D eigenvalue weighted by atomic mass is 16.6. The lowest BCUT2D eigenvalue weighted by Crippen LogP contribution is -2.14. The maximum absolute atomic E-state index is 11.3. The van der Waals surface area contributed by atoms with E-state index >= 15 is 0 Å². The van der Waals surface area contributed by atoms with Crippen LogP contribution in [0.1, 0.15) is 24.2 Å². The quantitative estimate of drug-likeness (QED) is 0.354. The summed E-state index contributed by atoms with van der Waals surface area (Å²) in [5.74, 6) is 0.279. The molecule has 1 heterocycles. The van der Waals surface area contributed by atoms with Crippen molar-refractivity contribution < 1.29 is 14.5 Å². The highest BCUT2D eigenvalue weighted by Gasteiger charge is 2.17. The van der Waals surface area contributed by atoms with Gasteiger partial charge in [-0.25, -0.2) is 4.79 Å². The van der Waals surface area contributed by atoms with Gasteiger partial charge in [-0.2, -0.15) is 0 Å². The van der Waals surface area contributed by atoms with Crippen LogP contribution in [-0.4, -0.2) is 39.3 Å². The van der Waals surface area contributed by atoms with E-state index in [1.54, 1.807) is 18.5 Å². The number of rotatable bonds is 7. The van der Waals surface area contributed by atoms with E-state index in [9.17, 15) is 14.9 Å². The fourth-order valence-electron chi connectivity index (χ4n) is 2.28. The van der Waals surface area contributed by atoms with Crippen LogP contribution in [0.3, 0.4) is 0 Å². The Morgan fingerprint density at radius 1 is 1.52 bits per heavy atom. The van der Waals surface area contributed by atoms with Crippen molar-refractivity contribution in [3.8, 4) is 0 Å². The average Bonchev–Trinajstić information content (AvgIpc) is 3.03. The van der Waals surface area contributed by atoms with Crippen LogP contribution in [-0.2, 0) is 16.6 Å². The standard InChI is InChI=1S/C16H19N5O4/c1-11(16-19-18-10-20(16)2)9-17-13-6-4-12(5-7-15(22)25-3)8-14(13)21(23)24/h4-8,10-11,17H,9H2,1-3H3/b7-5+. The summed E-state index contributed by atoms with van der Waals surface area (Å²) < 4.78 is 6.31. The Kier molecular flexibility index (Phi) is 5.83. The highest BCUT2D eigenvalue weighted by molar-refractivity contribution is 5.87. The van der Waals surface area contributed by atoms with Gasteiger partial charge in [0.1, 0.15) is 17.8 Å². The Balaban J connectivity index is 2.14. The molecule has 0 aliphatic rings. The molecule has 0 aliphatic heterocycles. The van der Waals surface area contributed by atoms with E-state index in [1.165, 1.54) is 25.3 Å². The third-order valence-electron chi connectivity index (χ3n) is 3.62. The normalized spacial score (nSPS) is 12.1. The Bertz CT molecular complexity index is 800. The molecule has 0 saturated carbocycles. The van der Waals surface area contributed by atoms with Crippen LogP contribution in [0.2, 0.25) is 0 Å². The molecule has 0 spiro atoms. The molecule has 132 valence electrons. The number of aromatic nitrogens is 3. The molecule has 0 radical (unpaired) electrons. The number of esters is 1. The monoisotopic (exact) mass is 345 g/mol. The summed E-state index contributed by atoms with van der Waals surface area (Å²) in [7, 11) is 3.11. The molecule has 0 fully saturated rings. The molecular formula is C16H19N5O4. The summed E-state index contributed by atoms with van der Waals surface area (Å²) >= 11 is 0. The van der Waals surface area contributed by atoms with E-state index in [2.05, 4.69) is 20.3 Å². The van der Waals surface area contributed by atoms with Crippen molar-refractivity contribution in [2.75, 3.05) is 19.0 Å². The fourth-order valence-corrected chi connectivity index (χ4v) is 2.28. The second-order valence-corrected chi connectivity index (χ2v) is 5.47. The van der Waals surface area contributed by atoms with E-state index in [1.807, 2.05) is 18.5 Å². The number of hydrogen-bond acceptors (Lipinski definition) is 7. The summed E-state index contributed by atoms with van der Waals surface area (Å²) in [4.78, 5) is 22.0. The van der Waals surface area contributed by atoms with Crippen LogP contribution in [0.15, 0.2) is 30.6 Å². The Morgan fingerprint density at radius 2 is 2.28 bits per heavy atom. The lowest BCUT2D eigenvalue weighted by molar-refractivity contribution is -0.384. The van der Waals surface area contributed by atoms with Crippen LogP contribution in [0.4, 0.5) is 11.4 Å². The molecule has 1 atom stereocenters. The van der Waals surface area contributed by atoms with Crippen LogP contribution >= 0.6 is 0 Å². The zero-order valence-corrected chi connectivity index (χ0v) is 14.2. The molecule has 0 aliphatic carbocycles. The van der Waals surface area contributed by atoms with Gasteiger partial charge in [0.05, 0.1) is 12.0 Å². The fraction of sp³-hybridized carbons (Fsp3) is 0.312. The summed E-state index contributed by atoms with van der Waals surface area (Å²) in [5.41, 5.74) is 0.857. The number of nitro groups is 1. The van der Waals surface area contributed by atoms with Gasteiger partial charge in [-0.3, -0.25) is 10.1 Å². The third-order valence-corrected chi connectivity index (χ3v) is 3.62. The number of nitrogens with one attached hydrogen (secondary N) is 1. The number of carbonyl (C=O) groups excluding carboxylic acids is 1. The van der Waals surface area contributed by atoms with Gasteiger partial charge in [-0.15, -0.1) is 10.2 Å². The molecular weight excluding hydrogens is 326 g/mol. The van der Waals surface area contributed by atoms with Crippen LogP contribution in [0.25, 0.3) is 6.08 Å². The Hall–Kier alpha value is -3.23. The number of benzene rings is 1. The topological polar surface area (TPSA) is 112 Å². The molecule has 25 heavy (non-hydrogen) atoms. The number of hydrogen-bond donors (Lipinski definition) is 1. The number of aryl methyl sites for hydroxylation is 1. The molecule has 0 amide bonds. The second kappa shape index (κ2) is 8.04. The van der Waals surface area contributed by atoms with Crippen molar-refractivity contribution in [3.05, 3.63) is 52.1 Å². The van der Waals surface area contributed by atoms with Crippen molar-refractivity contribution in [1.29, 1.82) is 0 Å². The SMILES string of the molecule is COC(=O)/C=C/c1ccc(NCC(C)c2nncn2C)c([N+](=O)[O-])c1. The van der Waals surface area contributed by atoms with Crippen LogP contribution in [0, 0.1) is 10.1 Å². The van der Waals surface area contributed by atoms with Crippen molar-refractivity contribution >= 4 is 23.4 Å². The first-order chi connectivity index (χ1) is 11.9. The summed E-state index contributed by atoms with van der Waals surface area (Å²) in [5, 5.41) is 22.3. The van der Waals surface area contributed by atoms with Crippen molar-refractivity contribution in [2.45, 2.75) is 12.8 Å². The number of ether oxygens (including phenoxy) is 1. The first kappa shape index (κ1) is 18.1. The minimum atomic E-state index is -0.526. The largest absolute Gasteiger partial charge is 0.466 e.